The van der Waals surface area contributed by atoms with Crippen molar-refractivity contribution in [3.63, 3.8) is 0 Å². The molecule has 0 bridgehead atoms. The first-order valence-corrected chi connectivity index (χ1v) is 6.78. The van der Waals surface area contributed by atoms with Crippen LogP contribution in [0.3, 0.4) is 0 Å². The summed E-state index contributed by atoms with van der Waals surface area (Å²) in [5.74, 6) is -2.45. The fourth-order valence-corrected chi connectivity index (χ4v) is 3.81. The van der Waals surface area contributed by atoms with Gasteiger partial charge in [0.25, 0.3) is 0 Å². The minimum atomic E-state index is -1.72. The normalized spacial score (nSPS) is 21.0. The van der Waals surface area contributed by atoms with Crippen LogP contribution in [0.1, 0.15) is 53.9 Å². The zero-order chi connectivity index (χ0) is 15.1. The van der Waals surface area contributed by atoms with Crippen molar-refractivity contribution >= 4 is 11.9 Å². The lowest BCUT2D eigenvalue weighted by Gasteiger charge is -2.45. The Morgan fingerprint density at radius 1 is 1.16 bits per heavy atom. The monoisotopic (exact) mass is 268 g/mol. The molecule has 108 valence electrons. The largest absolute Gasteiger partial charge is 0.480 e. The van der Waals surface area contributed by atoms with Crippen molar-refractivity contribution in [2.75, 3.05) is 0 Å². The number of allylic oxidation sites excluding steroid dienone is 2. The van der Waals surface area contributed by atoms with Crippen LogP contribution in [0.25, 0.3) is 0 Å². The Balaban J connectivity index is 3.57. The highest BCUT2D eigenvalue weighted by molar-refractivity contribution is 6.01. The van der Waals surface area contributed by atoms with Gasteiger partial charge in [0.1, 0.15) is 0 Å². The van der Waals surface area contributed by atoms with Crippen LogP contribution < -0.4 is 0 Å². The van der Waals surface area contributed by atoms with Crippen LogP contribution in [0.2, 0.25) is 0 Å². The molecule has 0 unspecified atom stereocenters. The minimum Gasteiger partial charge on any atom is -0.480 e. The van der Waals surface area contributed by atoms with Crippen molar-refractivity contribution in [2.24, 2.45) is 16.2 Å². The molecule has 2 N–H and O–H groups in total. The maximum Gasteiger partial charge on any atom is 0.322 e. The quantitative estimate of drug-likeness (QED) is 0.606. The highest BCUT2D eigenvalue weighted by Crippen LogP contribution is 2.61. The summed E-state index contributed by atoms with van der Waals surface area (Å²) in [6, 6.07) is 0. The van der Waals surface area contributed by atoms with Crippen molar-refractivity contribution < 1.29 is 19.8 Å². The second-order valence-corrected chi connectivity index (χ2v) is 6.38. The fraction of sp³-hybridized carbons (Fsp3) is 0.733. The molecule has 0 spiro atoms. The molecule has 0 radical (unpaired) electrons. The van der Waals surface area contributed by atoms with Crippen LogP contribution in [0.15, 0.2) is 11.6 Å². The van der Waals surface area contributed by atoms with Gasteiger partial charge in [0.2, 0.25) is 0 Å². The summed E-state index contributed by atoms with van der Waals surface area (Å²) in [7, 11) is 0. The van der Waals surface area contributed by atoms with E-state index < -0.39 is 22.8 Å². The topological polar surface area (TPSA) is 74.6 Å². The van der Waals surface area contributed by atoms with E-state index in [0.29, 0.717) is 12.8 Å². The standard InChI is InChI=1S/C15H24O4/c1-6-14(7-2)10(13(3,4)5)8-9-15(14,11(16)17)12(18)19/h8H,6-7,9H2,1-5H3,(H,16,17)(H,18,19). The third kappa shape index (κ3) is 1.88. The molecular formula is C15H24O4. The molecule has 0 aliphatic heterocycles. The van der Waals surface area contributed by atoms with Crippen LogP contribution in [0, 0.1) is 16.2 Å². The van der Waals surface area contributed by atoms with Gasteiger partial charge >= 0.3 is 11.9 Å². The predicted octanol–water partition coefficient (Wildman–Crippen LogP) is 3.32. The Kier molecular flexibility index (Phi) is 3.86. The third-order valence-electron chi connectivity index (χ3n) is 4.69. The van der Waals surface area contributed by atoms with E-state index in [2.05, 4.69) is 0 Å². The van der Waals surface area contributed by atoms with Gasteiger partial charge in [-0.25, -0.2) is 0 Å². The molecule has 0 saturated carbocycles. The number of carboxylic acids is 2. The van der Waals surface area contributed by atoms with Gasteiger partial charge in [-0.15, -0.1) is 0 Å². The van der Waals surface area contributed by atoms with E-state index in [1.54, 1.807) is 0 Å². The van der Waals surface area contributed by atoms with E-state index in [9.17, 15) is 19.8 Å². The number of carboxylic acid groups (broad SMARTS) is 2. The minimum absolute atomic E-state index is 0.0753. The molecular weight excluding hydrogens is 244 g/mol. The summed E-state index contributed by atoms with van der Waals surface area (Å²) in [4.78, 5) is 23.5. The maximum absolute atomic E-state index is 11.8. The summed E-state index contributed by atoms with van der Waals surface area (Å²) in [6.07, 6.45) is 2.96. The van der Waals surface area contributed by atoms with E-state index >= 15 is 0 Å². The van der Waals surface area contributed by atoms with Crippen LogP contribution in [0.5, 0.6) is 0 Å². The lowest BCUT2D eigenvalue weighted by Crippen LogP contribution is -2.52. The zero-order valence-electron chi connectivity index (χ0n) is 12.4. The molecule has 0 amide bonds. The average molecular weight is 268 g/mol. The van der Waals surface area contributed by atoms with Crippen molar-refractivity contribution in [1.82, 2.24) is 0 Å². The Morgan fingerprint density at radius 2 is 1.58 bits per heavy atom. The summed E-state index contributed by atoms with van der Waals surface area (Å²) in [5.41, 5.74) is -1.78. The van der Waals surface area contributed by atoms with E-state index in [-0.39, 0.29) is 11.8 Å². The molecule has 0 heterocycles. The Morgan fingerprint density at radius 3 is 1.84 bits per heavy atom. The Bertz CT molecular complexity index is 408. The van der Waals surface area contributed by atoms with Gasteiger partial charge in [-0.05, 0) is 24.7 Å². The molecule has 1 aliphatic rings. The lowest BCUT2D eigenvalue weighted by molar-refractivity contribution is -0.173. The molecule has 1 aliphatic carbocycles. The van der Waals surface area contributed by atoms with E-state index in [1.165, 1.54) is 0 Å². The Labute approximate surface area is 114 Å². The summed E-state index contributed by atoms with van der Waals surface area (Å²) >= 11 is 0. The summed E-state index contributed by atoms with van der Waals surface area (Å²) in [5, 5.41) is 19.2. The molecule has 1 rings (SSSR count). The summed E-state index contributed by atoms with van der Waals surface area (Å²) in [6.45, 7) is 9.81. The van der Waals surface area contributed by atoms with Gasteiger partial charge in [-0.2, -0.15) is 0 Å². The molecule has 0 fully saturated rings. The van der Waals surface area contributed by atoms with E-state index in [4.69, 9.17) is 0 Å². The molecule has 19 heavy (non-hydrogen) atoms. The molecule has 0 aromatic heterocycles. The SMILES string of the molecule is CCC1(CC)C(C(C)(C)C)=CCC1(C(=O)O)C(=O)O. The first-order valence-electron chi connectivity index (χ1n) is 6.78. The maximum atomic E-state index is 11.8. The van der Waals surface area contributed by atoms with E-state index in [1.807, 2.05) is 40.7 Å². The molecule has 0 atom stereocenters. The van der Waals surface area contributed by atoms with Gasteiger partial charge in [0.05, 0.1) is 0 Å². The number of rotatable bonds is 4. The molecule has 4 nitrogen and oxygen atoms in total. The molecule has 0 aromatic rings. The van der Waals surface area contributed by atoms with Gasteiger partial charge in [-0.1, -0.05) is 46.3 Å². The van der Waals surface area contributed by atoms with Gasteiger partial charge in [-0.3, -0.25) is 9.59 Å². The predicted molar refractivity (Wildman–Crippen MR) is 72.9 cm³/mol. The van der Waals surface area contributed by atoms with Crippen molar-refractivity contribution in [3.8, 4) is 0 Å². The van der Waals surface area contributed by atoms with Gasteiger partial charge in [0, 0.05) is 5.41 Å². The first-order chi connectivity index (χ1) is 8.60. The summed E-state index contributed by atoms with van der Waals surface area (Å²) < 4.78 is 0. The van der Waals surface area contributed by atoms with Crippen LogP contribution >= 0.6 is 0 Å². The third-order valence-corrected chi connectivity index (χ3v) is 4.69. The number of hydrogen-bond donors (Lipinski definition) is 2. The molecule has 0 saturated heterocycles. The second kappa shape index (κ2) is 4.66. The van der Waals surface area contributed by atoms with Crippen molar-refractivity contribution in [1.29, 1.82) is 0 Å². The van der Waals surface area contributed by atoms with Crippen LogP contribution in [-0.4, -0.2) is 22.2 Å². The van der Waals surface area contributed by atoms with Gasteiger partial charge in [0.15, 0.2) is 5.41 Å². The number of aliphatic carboxylic acids is 2. The number of hydrogen-bond acceptors (Lipinski definition) is 2. The van der Waals surface area contributed by atoms with Crippen molar-refractivity contribution in [2.45, 2.75) is 53.9 Å². The smallest absolute Gasteiger partial charge is 0.322 e. The van der Waals surface area contributed by atoms with Crippen LogP contribution in [0.4, 0.5) is 0 Å². The van der Waals surface area contributed by atoms with Crippen molar-refractivity contribution in [3.05, 3.63) is 11.6 Å². The second-order valence-electron chi connectivity index (χ2n) is 6.38. The van der Waals surface area contributed by atoms with Gasteiger partial charge < -0.3 is 10.2 Å². The Hall–Kier alpha value is -1.32. The fourth-order valence-electron chi connectivity index (χ4n) is 3.81. The average Bonchev–Trinajstić information content (AvgIpc) is 2.64. The molecule has 0 aromatic carbocycles. The highest BCUT2D eigenvalue weighted by atomic mass is 16.4. The zero-order valence-corrected chi connectivity index (χ0v) is 12.4. The molecule has 4 heteroatoms. The van der Waals surface area contributed by atoms with E-state index in [0.717, 1.165) is 5.57 Å². The first kappa shape index (κ1) is 15.7. The highest BCUT2D eigenvalue weighted by Gasteiger charge is 2.65. The lowest BCUT2D eigenvalue weighted by atomic mass is 9.56. The number of carbonyl (C=O) groups is 2. The van der Waals surface area contributed by atoms with Crippen LogP contribution in [-0.2, 0) is 9.59 Å².